The molecule has 1 N–H and O–H groups in total. The predicted octanol–water partition coefficient (Wildman–Crippen LogP) is 2.45. The number of carbonyl (C=O) groups excluding carboxylic acids is 1. The lowest BCUT2D eigenvalue weighted by molar-refractivity contribution is 0.0907. The van der Waals surface area contributed by atoms with Crippen molar-refractivity contribution in [1.29, 1.82) is 0 Å². The number of nitrogens with one attached hydrogen (secondary N) is 1. The van der Waals surface area contributed by atoms with Gasteiger partial charge in [0.25, 0.3) is 5.91 Å². The number of hydrogen-bond acceptors (Lipinski definition) is 3. The second-order valence-corrected chi connectivity index (χ2v) is 5.13. The number of rotatable bonds is 6. The molecule has 2 rings (SSSR count). The number of carbonyl (C=O) groups is 1. The van der Waals surface area contributed by atoms with E-state index in [1.54, 1.807) is 6.07 Å². The highest BCUT2D eigenvalue weighted by Gasteiger charge is 2.21. The largest absolute Gasteiger partial charge is 0.456 e. The molecule has 1 saturated heterocycles. The van der Waals surface area contributed by atoms with Gasteiger partial charge in [-0.05, 0) is 44.5 Å². The molecule has 4 nitrogen and oxygen atoms in total. The summed E-state index contributed by atoms with van der Waals surface area (Å²) in [7, 11) is 0. The van der Waals surface area contributed by atoms with Gasteiger partial charge < -0.3 is 9.73 Å². The van der Waals surface area contributed by atoms with Crippen molar-refractivity contribution in [3.63, 3.8) is 0 Å². The van der Waals surface area contributed by atoms with Gasteiger partial charge in [-0.15, -0.1) is 0 Å². The monoisotopic (exact) mass is 264 g/mol. The summed E-state index contributed by atoms with van der Waals surface area (Å²) in [5, 5.41) is 2.99. The minimum absolute atomic E-state index is 0.0997. The fourth-order valence-corrected chi connectivity index (χ4v) is 2.63. The van der Waals surface area contributed by atoms with Crippen molar-refractivity contribution in [2.75, 3.05) is 19.6 Å². The Hall–Kier alpha value is -1.29. The number of amides is 1. The summed E-state index contributed by atoms with van der Waals surface area (Å²) in [6, 6.07) is 4.07. The van der Waals surface area contributed by atoms with Crippen molar-refractivity contribution in [2.24, 2.45) is 0 Å². The van der Waals surface area contributed by atoms with Crippen LogP contribution in [0.4, 0.5) is 0 Å². The number of likely N-dealkylation sites (tertiary alicyclic amines) is 1. The van der Waals surface area contributed by atoms with E-state index in [0.29, 0.717) is 18.3 Å². The van der Waals surface area contributed by atoms with Crippen LogP contribution in [-0.2, 0) is 6.42 Å². The van der Waals surface area contributed by atoms with Crippen LogP contribution in [0.5, 0.6) is 0 Å². The SMILES string of the molecule is CCc1ccc(C(=O)NC[C@@H](CC)N2CCCC2)o1. The average Bonchev–Trinajstić information content (AvgIpc) is 3.10. The maximum absolute atomic E-state index is 12.0. The van der Waals surface area contributed by atoms with Crippen molar-refractivity contribution in [2.45, 2.75) is 45.6 Å². The van der Waals surface area contributed by atoms with E-state index in [1.165, 1.54) is 12.8 Å². The first-order valence-electron chi connectivity index (χ1n) is 7.35. The summed E-state index contributed by atoms with van der Waals surface area (Å²) < 4.78 is 5.46. The van der Waals surface area contributed by atoms with Crippen molar-refractivity contribution in [3.8, 4) is 0 Å². The number of nitrogens with zero attached hydrogens (tertiary/aromatic N) is 1. The van der Waals surface area contributed by atoms with Crippen LogP contribution in [0.15, 0.2) is 16.5 Å². The Morgan fingerprint density at radius 3 is 2.68 bits per heavy atom. The fourth-order valence-electron chi connectivity index (χ4n) is 2.63. The molecule has 4 heteroatoms. The van der Waals surface area contributed by atoms with Crippen LogP contribution in [0.3, 0.4) is 0 Å². The molecule has 0 spiro atoms. The van der Waals surface area contributed by atoms with Crippen molar-refractivity contribution >= 4 is 5.91 Å². The molecule has 1 aromatic rings. The summed E-state index contributed by atoms with van der Waals surface area (Å²) in [4.78, 5) is 14.5. The lowest BCUT2D eigenvalue weighted by Gasteiger charge is -2.26. The zero-order valence-corrected chi connectivity index (χ0v) is 11.9. The van der Waals surface area contributed by atoms with Gasteiger partial charge in [-0.1, -0.05) is 13.8 Å². The fraction of sp³-hybridized carbons (Fsp3) is 0.667. The van der Waals surface area contributed by atoms with E-state index in [1.807, 2.05) is 13.0 Å². The highest BCUT2D eigenvalue weighted by Crippen LogP contribution is 2.14. The van der Waals surface area contributed by atoms with Gasteiger partial charge in [-0.25, -0.2) is 0 Å². The Morgan fingerprint density at radius 1 is 1.37 bits per heavy atom. The second-order valence-electron chi connectivity index (χ2n) is 5.13. The van der Waals surface area contributed by atoms with Gasteiger partial charge in [0.05, 0.1) is 0 Å². The molecule has 0 bridgehead atoms. The summed E-state index contributed by atoms with van der Waals surface area (Å²) in [6.07, 6.45) is 4.45. The molecule has 19 heavy (non-hydrogen) atoms. The molecule has 106 valence electrons. The molecule has 2 heterocycles. The normalized spacial score (nSPS) is 17.6. The molecule has 1 fully saturated rings. The molecule has 1 amide bonds. The molecule has 0 radical (unpaired) electrons. The first-order valence-corrected chi connectivity index (χ1v) is 7.35. The molecule has 0 aromatic carbocycles. The third kappa shape index (κ3) is 3.60. The van der Waals surface area contributed by atoms with E-state index < -0.39 is 0 Å². The molecule has 1 aromatic heterocycles. The standard InChI is InChI=1S/C15H24N2O2/c1-3-12(17-9-5-6-10-17)11-16-15(18)14-8-7-13(4-2)19-14/h7-8,12H,3-6,9-11H2,1-2H3,(H,16,18)/t12-/m1/s1. The Balaban J connectivity index is 1.84. The highest BCUT2D eigenvalue weighted by atomic mass is 16.3. The maximum atomic E-state index is 12.0. The second kappa shape index (κ2) is 6.75. The molecule has 0 unspecified atom stereocenters. The van der Waals surface area contributed by atoms with Gasteiger partial charge in [-0.2, -0.15) is 0 Å². The smallest absolute Gasteiger partial charge is 0.287 e. The molecule has 1 aliphatic rings. The Labute approximate surface area is 115 Å². The number of hydrogen-bond donors (Lipinski definition) is 1. The van der Waals surface area contributed by atoms with E-state index in [2.05, 4.69) is 17.1 Å². The van der Waals surface area contributed by atoms with Crippen molar-refractivity contribution < 1.29 is 9.21 Å². The third-order valence-electron chi connectivity index (χ3n) is 3.86. The van der Waals surface area contributed by atoms with E-state index in [4.69, 9.17) is 4.42 Å². The first-order chi connectivity index (χ1) is 9.24. The van der Waals surface area contributed by atoms with Crippen molar-refractivity contribution in [3.05, 3.63) is 23.7 Å². The lowest BCUT2D eigenvalue weighted by atomic mass is 10.2. The van der Waals surface area contributed by atoms with E-state index in [0.717, 1.165) is 31.7 Å². The predicted molar refractivity (Wildman–Crippen MR) is 75.3 cm³/mol. The summed E-state index contributed by atoms with van der Waals surface area (Å²) in [5.74, 6) is 1.18. The van der Waals surface area contributed by atoms with Crippen LogP contribution in [0.1, 0.15) is 49.4 Å². The van der Waals surface area contributed by atoms with Gasteiger partial charge >= 0.3 is 0 Å². The lowest BCUT2D eigenvalue weighted by Crippen LogP contribution is -2.42. The van der Waals surface area contributed by atoms with E-state index in [9.17, 15) is 4.79 Å². The van der Waals surface area contributed by atoms with Gasteiger partial charge in [0.15, 0.2) is 5.76 Å². The quantitative estimate of drug-likeness (QED) is 0.858. The summed E-state index contributed by atoms with van der Waals surface area (Å²) in [5.41, 5.74) is 0. The summed E-state index contributed by atoms with van der Waals surface area (Å²) >= 11 is 0. The van der Waals surface area contributed by atoms with E-state index >= 15 is 0 Å². The zero-order chi connectivity index (χ0) is 13.7. The minimum atomic E-state index is -0.0997. The Kier molecular flexibility index (Phi) is 5.02. The van der Waals surface area contributed by atoms with Gasteiger partial charge in [-0.3, -0.25) is 9.69 Å². The van der Waals surface area contributed by atoms with Gasteiger partial charge in [0.1, 0.15) is 5.76 Å². The molecular formula is C15H24N2O2. The van der Waals surface area contributed by atoms with Crippen LogP contribution in [0.25, 0.3) is 0 Å². The van der Waals surface area contributed by atoms with Gasteiger partial charge in [0.2, 0.25) is 0 Å². The third-order valence-corrected chi connectivity index (χ3v) is 3.86. The molecule has 1 aliphatic heterocycles. The molecular weight excluding hydrogens is 240 g/mol. The average molecular weight is 264 g/mol. The number of aryl methyl sites for hydroxylation is 1. The Morgan fingerprint density at radius 2 is 2.11 bits per heavy atom. The first kappa shape index (κ1) is 14.1. The summed E-state index contributed by atoms with van der Waals surface area (Å²) in [6.45, 7) is 7.22. The van der Waals surface area contributed by atoms with Crippen LogP contribution in [-0.4, -0.2) is 36.5 Å². The zero-order valence-electron chi connectivity index (χ0n) is 11.9. The number of furan rings is 1. The maximum Gasteiger partial charge on any atom is 0.287 e. The van der Waals surface area contributed by atoms with Crippen molar-refractivity contribution in [1.82, 2.24) is 10.2 Å². The van der Waals surface area contributed by atoms with Crippen LogP contribution >= 0.6 is 0 Å². The van der Waals surface area contributed by atoms with Gasteiger partial charge in [0, 0.05) is 19.0 Å². The molecule has 0 saturated carbocycles. The molecule has 0 aliphatic carbocycles. The topological polar surface area (TPSA) is 45.5 Å². The minimum Gasteiger partial charge on any atom is -0.456 e. The van der Waals surface area contributed by atoms with Crippen LogP contribution in [0, 0.1) is 0 Å². The highest BCUT2D eigenvalue weighted by molar-refractivity contribution is 5.91. The Bertz CT molecular complexity index is 408. The van der Waals surface area contributed by atoms with Crippen LogP contribution < -0.4 is 5.32 Å². The van der Waals surface area contributed by atoms with E-state index in [-0.39, 0.29) is 5.91 Å². The van der Waals surface area contributed by atoms with Crippen LogP contribution in [0.2, 0.25) is 0 Å². The molecule has 1 atom stereocenters.